The summed E-state index contributed by atoms with van der Waals surface area (Å²) in [7, 11) is 0. The molecule has 0 radical (unpaired) electrons. The number of furan rings is 2. The van der Waals surface area contributed by atoms with E-state index in [1.165, 1.54) is 49.9 Å². The van der Waals surface area contributed by atoms with Crippen LogP contribution in [0.5, 0.6) is 0 Å². The van der Waals surface area contributed by atoms with E-state index in [0.717, 1.165) is 101 Å². The Hall–Kier alpha value is -11.3. The second-order valence-electron chi connectivity index (χ2n) is 26.0. The van der Waals surface area contributed by atoms with E-state index in [1.54, 1.807) is 6.07 Å². The monoisotopic (exact) mass is 1340 g/mol. The van der Waals surface area contributed by atoms with Crippen molar-refractivity contribution in [2.24, 2.45) is 0 Å². The van der Waals surface area contributed by atoms with E-state index >= 15 is 0 Å². The highest BCUT2D eigenvalue weighted by Crippen LogP contribution is 2.55. The summed E-state index contributed by atoms with van der Waals surface area (Å²) >= 11 is 20.1. The third kappa shape index (κ3) is 11.3. The maximum Gasteiger partial charge on any atom is 0.159 e. The Morgan fingerprint density at radius 2 is 0.636 bits per heavy atom. The fourth-order valence-electron chi connectivity index (χ4n) is 14.6. The second-order valence-corrected chi connectivity index (χ2v) is 27.2. The summed E-state index contributed by atoms with van der Waals surface area (Å²) in [6.07, 6.45) is 0. The van der Waals surface area contributed by atoms with Crippen LogP contribution in [0.3, 0.4) is 0 Å². The van der Waals surface area contributed by atoms with Crippen LogP contribution in [-0.2, 0) is 10.8 Å². The molecule has 18 rings (SSSR count). The zero-order chi connectivity index (χ0) is 67.4. The van der Waals surface area contributed by atoms with Gasteiger partial charge in [0.25, 0.3) is 0 Å². The molecule has 2 aromatic heterocycles. The van der Waals surface area contributed by atoms with Crippen molar-refractivity contribution < 1.29 is 8.83 Å². The number of halogens is 3. The van der Waals surface area contributed by atoms with Gasteiger partial charge in [0.05, 0.1) is 43.5 Å². The lowest BCUT2D eigenvalue weighted by atomic mass is 9.82. The molecule has 0 fully saturated rings. The normalized spacial score (nSPS) is 12.8. The summed E-state index contributed by atoms with van der Waals surface area (Å²) in [5.41, 5.74) is 24.7. The van der Waals surface area contributed by atoms with E-state index in [0.29, 0.717) is 15.1 Å². The smallest absolute Gasteiger partial charge is 0.159 e. The first kappa shape index (κ1) is 62.5. The SMILES string of the molecule is CC1(C)c2ccccc2-c2cc3c(cc21)oc1c(N(c2ccccc2)c2cccc(N(c4ccccc4)c4ccccc4)c2Cl)cccc13.CC1(C)c2ccccc2-c2cc3c(cc21)oc1c(Nc2ccccc2)cccc13.Clc1cccc(N(c2ccccc2)c2ccccc2)c1Cl. The van der Waals surface area contributed by atoms with Gasteiger partial charge in [-0.1, -0.05) is 257 Å². The Morgan fingerprint density at radius 1 is 0.283 bits per heavy atom. The molecule has 0 atom stereocenters. The van der Waals surface area contributed by atoms with Gasteiger partial charge in [-0.15, -0.1) is 0 Å². The fourth-order valence-corrected chi connectivity index (χ4v) is 15.3. The maximum atomic E-state index is 7.56. The lowest BCUT2D eigenvalue weighted by molar-refractivity contribution is 0.647. The molecule has 14 aromatic carbocycles. The summed E-state index contributed by atoms with van der Waals surface area (Å²) < 4.78 is 13.3. The van der Waals surface area contributed by atoms with Crippen molar-refractivity contribution in [3.05, 3.63) is 365 Å². The molecule has 0 spiro atoms. The van der Waals surface area contributed by atoms with Crippen LogP contribution in [0.15, 0.2) is 336 Å². The van der Waals surface area contributed by atoms with Gasteiger partial charge in [-0.05, 0) is 178 Å². The van der Waals surface area contributed by atoms with E-state index in [4.69, 9.17) is 43.6 Å². The lowest BCUT2D eigenvalue weighted by Gasteiger charge is -2.30. The van der Waals surface area contributed by atoms with Gasteiger partial charge >= 0.3 is 0 Å². The van der Waals surface area contributed by atoms with Crippen LogP contribution in [-0.4, -0.2) is 0 Å². The van der Waals surface area contributed by atoms with Crippen molar-refractivity contribution in [1.82, 2.24) is 0 Å². The van der Waals surface area contributed by atoms with Crippen LogP contribution in [0.25, 0.3) is 66.1 Å². The number of hydrogen-bond acceptors (Lipinski definition) is 6. The first-order chi connectivity index (χ1) is 48.4. The van der Waals surface area contributed by atoms with Crippen LogP contribution in [0.2, 0.25) is 15.1 Å². The minimum absolute atomic E-state index is 0.0236. The highest BCUT2D eigenvalue weighted by Gasteiger charge is 2.38. The van der Waals surface area contributed by atoms with E-state index in [-0.39, 0.29) is 10.8 Å². The minimum Gasteiger partial charge on any atom is -0.454 e. The number of fused-ring (bicyclic) bond motifs is 12. The summed E-state index contributed by atoms with van der Waals surface area (Å²) in [6.45, 7) is 9.21. The van der Waals surface area contributed by atoms with Crippen molar-refractivity contribution >= 4 is 141 Å². The van der Waals surface area contributed by atoms with Gasteiger partial charge in [0.15, 0.2) is 11.2 Å². The predicted octanol–water partition coefficient (Wildman–Crippen LogP) is 27.6. The van der Waals surface area contributed by atoms with Gasteiger partial charge in [-0.2, -0.15) is 0 Å². The van der Waals surface area contributed by atoms with Crippen molar-refractivity contribution in [3.63, 3.8) is 0 Å². The maximum absolute atomic E-state index is 7.56. The average Bonchev–Trinajstić information content (AvgIpc) is 1.57. The standard InChI is InChI=1S/C45H33ClN2O.C27H21NO.C18H13Cl2N/c1-45(2)37-24-13-12-22-33(37)35-28-36-34-23-14-27-41(44(34)49-42(36)29-38(35)45)48(32-20-10-5-11-21-32)40-26-15-25-39(43(40)46)47(30-16-6-3-7-17-30)31-18-8-4-9-19-31;1-27(2)22-13-7-6-11-18(22)20-15-21-19-12-8-14-24(28-17-9-4-3-5-10-17)26(19)29-25(21)16-23(20)27;19-16-12-7-13-17(18(16)20)21(14-8-3-1-4-9-14)15-10-5-2-6-11-15/h3-29H,1-2H3;3-16,28H,1-2H3;1-13H. The van der Waals surface area contributed by atoms with Gasteiger partial charge in [0.2, 0.25) is 0 Å². The quantitative estimate of drug-likeness (QED) is 0.139. The average molecular weight is 1340 g/mol. The number of para-hydroxylation sites is 8. The molecular weight excluding hydrogens is 1280 g/mol. The van der Waals surface area contributed by atoms with Crippen molar-refractivity contribution in [3.8, 4) is 22.3 Å². The summed E-state index contributed by atoms with van der Waals surface area (Å²) in [6, 6.07) is 113. The highest BCUT2D eigenvalue weighted by molar-refractivity contribution is 6.44. The molecule has 9 heteroatoms. The van der Waals surface area contributed by atoms with Crippen LogP contribution in [0.1, 0.15) is 49.9 Å². The molecule has 0 saturated heterocycles. The van der Waals surface area contributed by atoms with Gasteiger partial charge in [-0.3, -0.25) is 0 Å². The molecule has 0 bridgehead atoms. The predicted molar refractivity (Wildman–Crippen MR) is 418 cm³/mol. The van der Waals surface area contributed by atoms with E-state index in [2.05, 4.69) is 260 Å². The Morgan fingerprint density at radius 3 is 1.11 bits per heavy atom. The first-order valence-electron chi connectivity index (χ1n) is 33.3. The molecule has 2 heterocycles. The molecule has 6 nitrogen and oxygen atoms in total. The van der Waals surface area contributed by atoms with Crippen molar-refractivity contribution in [2.45, 2.75) is 38.5 Å². The molecule has 0 amide bonds. The molecule has 0 aliphatic heterocycles. The number of rotatable bonds is 11. The zero-order valence-electron chi connectivity index (χ0n) is 55.0. The number of nitrogens with one attached hydrogen (secondary N) is 1. The number of anilines is 11. The third-order valence-electron chi connectivity index (χ3n) is 19.4. The Labute approximate surface area is 591 Å². The Balaban J connectivity index is 0.000000129. The number of hydrogen-bond donors (Lipinski definition) is 1. The summed E-state index contributed by atoms with van der Waals surface area (Å²) in [5.74, 6) is 0. The van der Waals surface area contributed by atoms with E-state index < -0.39 is 0 Å². The Kier molecular flexibility index (Phi) is 16.4. The number of nitrogens with zero attached hydrogens (tertiary/aromatic N) is 3. The van der Waals surface area contributed by atoms with Crippen molar-refractivity contribution in [1.29, 1.82) is 0 Å². The van der Waals surface area contributed by atoms with E-state index in [9.17, 15) is 0 Å². The molecular formula is C90H67Cl3N4O2. The minimum atomic E-state index is -0.116. The third-order valence-corrected chi connectivity index (χ3v) is 20.6. The molecule has 1 N–H and O–H groups in total. The number of benzene rings is 14. The van der Waals surface area contributed by atoms with Crippen molar-refractivity contribution in [2.75, 3.05) is 20.0 Å². The highest BCUT2D eigenvalue weighted by atomic mass is 35.5. The summed E-state index contributed by atoms with van der Waals surface area (Å²) in [5, 5.41) is 9.72. The lowest BCUT2D eigenvalue weighted by Crippen LogP contribution is -2.14. The first-order valence-corrected chi connectivity index (χ1v) is 34.4. The topological polar surface area (TPSA) is 48.0 Å². The zero-order valence-corrected chi connectivity index (χ0v) is 57.2. The Bertz CT molecular complexity index is 5570. The summed E-state index contributed by atoms with van der Waals surface area (Å²) in [4.78, 5) is 6.52. The van der Waals surface area contributed by atoms with Gasteiger partial charge < -0.3 is 28.9 Å². The fraction of sp³-hybridized carbons (Fsp3) is 0.0667. The van der Waals surface area contributed by atoms with Crippen LogP contribution >= 0.6 is 34.8 Å². The molecule has 2 aliphatic carbocycles. The second kappa shape index (κ2) is 26.0. The molecule has 480 valence electrons. The van der Waals surface area contributed by atoms with E-state index in [1.807, 2.05) is 109 Å². The largest absolute Gasteiger partial charge is 0.454 e. The van der Waals surface area contributed by atoms with Gasteiger partial charge in [0.1, 0.15) is 11.2 Å². The molecule has 99 heavy (non-hydrogen) atoms. The van der Waals surface area contributed by atoms with Crippen LogP contribution in [0.4, 0.5) is 62.6 Å². The molecule has 0 unspecified atom stereocenters. The molecule has 0 saturated carbocycles. The van der Waals surface area contributed by atoms with Gasteiger partial charge in [-0.25, -0.2) is 0 Å². The van der Waals surface area contributed by atoms with Crippen LogP contribution < -0.4 is 20.0 Å². The molecule has 16 aromatic rings. The molecule has 2 aliphatic rings. The van der Waals surface area contributed by atoms with Gasteiger partial charge in [0, 0.05) is 66.5 Å². The van der Waals surface area contributed by atoms with Crippen LogP contribution in [0, 0.1) is 0 Å².